The fourth-order valence-corrected chi connectivity index (χ4v) is 4.58. The zero-order valence-electron chi connectivity index (χ0n) is 19.3. The molecule has 1 fully saturated rings. The maximum absolute atomic E-state index is 13.7. The zero-order chi connectivity index (χ0) is 23.3. The van der Waals surface area contributed by atoms with Crippen LogP contribution in [0.1, 0.15) is 61.8 Å². The van der Waals surface area contributed by atoms with E-state index in [1.165, 1.54) is 0 Å². The predicted molar refractivity (Wildman–Crippen MR) is 122 cm³/mol. The van der Waals surface area contributed by atoms with Crippen LogP contribution in [0.3, 0.4) is 0 Å². The van der Waals surface area contributed by atoms with E-state index >= 15 is 0 Å². The lowest BCUT2D eigenvalue weighted by molar-refractivity contribution is -0.154. The highest BCUT2D eigenvalue weighted by Gasteiger charge is 2.45. The van der Waals surface area contributed by atoms with Crippen LogP contribution in [0.5, 0.6) is 11.6 Å². The quantitative estimate of drug-likeness (QED) is 0.690. The second kappa shape index (κ2) is 7.80. The molecule has 33 heavy (non-hydrogen) atoms. The third-order valence-corrected chi connectivity index (χ3v) is 6.28. The van der Waals surface area contributed by atoms with Gasteiger partial charge in [-0.2, -0.15) is 5.26 Å². The summed E-state index contributed by atoms with van der Waals surface area (Å²) in [6.45, 7) is 8.18. The Hall–Kier alpha value is -3.53. The van der Waals surface area contributed by atoms with E-state index in [4.69, 9.17) is 14.2 Å². The summed E-state index contributed by atoms with van der Waals surface area (Å²) in [6.07, 6.45) is 3.83. The summed E-state index contributed by atoms with van der Waals surface area (Å²) in [5, 5.41) is 13.1. The van der Waals surface area contributed by atoms with E-state index in [1.54, 1.807) is 18.3 Å². The topological polar surface area (TPSA) is 93.5 Å². The Kier molecular flexibility index (Phi) is 5.04. The second-order valence-electron chi connectivity index (χ2n) is 9.43. The number of ether oxygens (including phenoxy) is 3. The molecule has 0 radical (unpaired) electrons. The second-order valence-corrected chi connectivity index (χ2v) is 9.43. The number of nitriles is 1. The van der Waals surface area contributed by atoms with Crippen molar-refractivity contribution in [2.75, 3.05) is 18.5 Å². The fraction of sp³-hybridized carbons (Fsp3) is 0.423. The highest BCUT2D eigenvalue weighted by atomic mass is 16.6. The van der Waals surface area contributed by atoms with Gasteiger partial charge in [-0.25, -0.2) is 9.78 Å². The third kappa shape index (κ3) is 3.70. The molecule has 3 aliphatic rings. The molecule has 1 atom stereocenters. The van der Waals surface area contributed by atoms with Crippen molar-refractivity contribution in [3.05, 3.63) is 57.9 Å². The van der Waals surface area contributed by atoms with Crippen molar-refractivity contribution in [3.63, 3.8) is 0 Å². The Bertz CT molecular complexity index is 1220. The summed E-state index contributed by atoms with van der Waals surface area (Å²) in [6, 6.07) is 7.56. The number of cyclic esters (lactones) is 1. The van der Waals surface area contributed by atoms with Crippen molar-refractivity contribution in [2.24, 2.45) is 5.92 Å². The molecule has 1 aromatic carbocycles. The number of pyridine rings is 1. The zero-order valence-corrected chi connectivity index (χ0v) is 19.3. The highest BCUT2D eigenvalue weighted by Crippen LogP contribution is 2.53. The Morgan fingerprint density at radius 2 is 2.12 bits per heavy atom. The largest absolute Gasteiger partial charge is 0.489 e. The first-order valence-electron chi connectivity index (χ1n) is 11.4. The van der Waals surface area contributed by atoms with E-state index in [1.807, 2.05) is 33.8 Å². The Morgan fingerprint density at radius 3 is 2.82 bits per heavy atom. The summed E-state index contributed by atoms with van der Waals surface area (Å²) >= 11 is 0. The van der Waals surface area contributed by atoms with Gasteiger partial charge >= 0.3 is 5.97 Å². The summed E-state index contributed by atoms with van der Waals surface area (Å²) in [5.74, 6) is 0.460. The van der Waals surface area contributed by atoms with E-state index in [-0.39, 0.29) is 18.5 Å². The first kappa shape index (κ1) is 21.3. The number of hydrogen-bond donors (Lipinski definition) is 1. The molecule has 5 rings (SSSR count). The predicted octanol–water partition coefficient (Wildman–Crippen LogP) is 4.60. The Labute approximate surface area is 193 Å². The molecule has 2 aliphatic heterocycles. The van der Waals surface area contributed by atoms with E-state index in [0.29, 0.717) is 29.4 Å². The van der Waals surface area contributed by atoms with Crippen molar-refractivity contribution in [1.82, 2.24) is 4.98 Å². The molecular weight excluding hydrogens is 418 g/mol. The molecule has 3 heterocycles. The first-order valence-corrected chi connectivity index (χ1v) is 11.4. The average molecular weight is 446 g/mol. The third-order valence-electron chi connectivity index (χ3n) is 6.28. The van der Waals surface area contributed by atoms with Gasteiger partial charge in [0.1, 0.15) is 18.0 Å². The van der Waals surface area contributed by atoms with Gasteiger partial charge in [-0.05, 0) is 64.2 Å². The van der Waals surface area contributed by atoms with Gasteiger partial charge in [-0.3, -0.25) is 0 Å². The van der Waals surface area contributed by atoms with Crippen molar-refractivity contribution in [3.8, 4) is 17.7 Å². The number of esters is 1. The van der Waals surface area contributed by atoms with Crippen LogP contribution in [0.2, 0.25) is 0 Å². The summed E-state index contributed by atoms with van der Waals surface area (Å²) in [4.78, 5) is 18.3. The minimum atomic E-state index is -0.846. The van der Waals surface area contributed by atoms with Crippen molar-refractivity contribution < 1.29 is 19.0 Å². The normalized spacial score (nSPS) is 20.9. The van der Waals surface area contributed by atoms with Crippen LogP contribution in [0.25, 0.3) is 0 Å². The molecule has 7 nitrogen and oxygen atoms in total. The number of rotatable bonds is 3. The Balaban J connectivity index is 1.84. The van der Waals surface area contributed by atoms with Gasteiger partial charge in [0.05, 0.1) is 41.0 Å². The number of carbonyl (C=O) groups excluding carboxylic acids is 1. The molecule has 0 bridgehead atoms. The Morgan fingerprint density at radius 1 is 1.33 bits per heavy atom. The number of aryl methyl sites for hydroxylation is 1. The minimum absolute atomic E-state index is 0.171. The van der Waals surface area contributed by atoms with E-state index < -0.39 is 11.5 Å². The lowest BCUT2D eigenvalue weighted by atomic mass is 9.79. The van der Waals surface area contributed by atoms with E-state index in [9.17, 15) is 10.1 Å². The smallest absolute Gasteiger partial charge is 0.337 e. The molecular formula is C26H27N3O4. The molecule has 0 unspecified atom stereocenters. The average Bonchev–Trinajstić information content (AvgIpc) is 3.63. The van der Waals surface area contributed by atoms with Crippen molar-refractivity contribution in [2.45, 2.75) is 52.1 Å². The van der Waals surface area contributed by atoms with Crippen molar-refractivity contribution in [1.29, 1.82) is 5.26 Å². The molecule has 1 aromatic heterocycles. The lowest BCUT2D eigenvalue weighted by Gasteiger charge is -2.33. The standard InChI is InChI=1S/C26H27N3O4/c1-5-31-24-20-19-17-9-6-15(11-27)10-18(17)32-13-26(3,4)33-25(30)21(19)23(16-7-8-16)29-22(20)14(2)12-28-24/h6,9-10,12,16,19,29H,5,7-8,13H2,1-4H3/t19-/m0/s1. The number of allylic oxidation sites excluding steroid dienone is 1. The molecule has 0 amide bonds. The van der Waals surface area contributed by atoms with Gasteiger partial charge < -0.3 is 19.5 Å². The van der Waals surface area contributed by atoms with Crippen LogP contribution in [0.15, 0.2) is 35.7 Å². The number of nitrogens with zero attached hydrogens (tertiary/aromatic N) is 2. The number of benzene rings is 1. The van der Waals surface area contributed by atoms with Crippen LogP contribution >= 0.6 is 0 Å². The van der Waals surface area contributed by atoms with Gasteiger partial charge in [0.25, 0.3) is 0 Å². The van der Waals surface area contributed by atoms with E-state index in [2.05, 4.69) is 16.4 Å². The van der Waals surface area contributed by atoms with Gasteiger partial charge in [0.15, 0.2) is 0 Å². The molecule has 0 saturated heterocycles. The monoisotopic (exact) mass is 445 g/mol. The molecule has 1 N–H and O–H groups in total. The van der Waals surface area contributed by atoms with Gasteiger partial charge in [-0.15, -0.1) is 0 Å². The lowest BCUT2D eigenvalue weighted by Crippen LogP contribution is -2.36. The van der Waals surface area contributed by atoms with Gasteiger partial charge in [0.2, 0.25) is 5.88 Å². The number of fused-ring (bicyclic) bond motifs is 5. The van der Waals surface area contributed by atoms with Crippen LogP contribution < -0.4 is 14.8 Å². The van der Waals surface area contributed by atoms with Crippen LogP contribution in [0.4, 0.5) is 5.69 Å². The van der Waals surface area contributed by atoms with Crippen LogP contribution in [-0.2, 0) is 9.53 Å². The van der Waals surface area contributed by atoms with E-state index in [0.717, 1.165) is 40.9 Å². The van der Waals surface area contributed by atoms with Crippen molar-refractivity contribution >= 4 is 11.7 Å². The number of nitrogens with one attached hydrogen (secondary N) is 1. The van der Waals surface area contributed by atoms with Gasteiger partial charge in [0, 0.05) is 17.5 Å². The fourth-order valence-electron chi connectivity index (χ4n) is 4.58. The summed E-state index contributed by atoms with van der Waals surface area (Å²) < 4.78 is 18.1. The summed E-state index contributed by atoms with van der Waals surface area (Å²) in [7, 11) is 0. The summed E-state index contributed by atoms with van der Waals surface area (Å²) in [5.41, 5.74) is 4.59. The molecule has 170 valence electrons. The van der Waals surface area contributed by atoms with Gasteiger partial charge in [-0.1, -0.05) is 6.07 Å². The number of anilines is 1. The van der Waals surface area contributed by atoms with Crippen LogP contribution in [0, 0.1) is 24.2 Å². The number of aromatic nitrogens is 1. The minimum Gasteiger partial charge on any atom is -0.489 e. The maximum Gasteiger partial charge on any atom is 0.337 e. The number of carbonyl (C=O) groups is 1. The number of hydrogen-bond acceptors (Lipinski definition) is 7. The molecule has 1 saturated carbocycles. The highest BCUT2D eigenvalue weighted by molar-refractivity contribution is 5.96. The van der Waals surface area contributed by atoms with Crippen LogP contribution in [-0.4, -0.2) is 29.8 Å². The molecule has 1 aliphatic carbocycles. The maximum atomic E-state index is 13.7. The molecule has 7 heteroatoms. The first-order chi connectivity index (χ1) is 15.8. The molecule has 2 aromatic rings. The SMILES string of the molecule is CCOc1ncc(C)c2c1[C@H]1C(=C(C3CC3)N2)C(=O)OC(C)(C)COc2cc(C#N)ccc21. The molecule has 0 spiro atoms.